The van der Waals surface area contributed by atoms with E-state index in [0.717, 1.165) is 62.4 Å². The number of rotatable bonds is 6. The lowest BCUT2D eigenvalue weighted by Gasteiger charge is -2.23. The molecule has 3 N–H and O–H groups in total. The van der Waals surface area contributed by atoms with E-state index in [1.54, 1.807) is 0 Å². The van der Waals surface area contributed by atoms with E-state index in [-0.39, 0.29) is 5.91 Å². The fourth-order valence-electron chi connectivity index (χ4n) is 3.67. The minimum absolute atomic E-state index is 0.208. The summed E-state index contributed by atoms with van der Waals surface area (Å²) in [6.07, 6.45) is 5.49. The summed E-state index contributed by atoms with van der Waals surface area (Å²) in [6, 6.07) is 8.04. The molecule has 26 heavy (non-hydrogen) atoms. The Kier molecular flexibility index (Phi) is 6.14. The number of anilines is 1. The predicted molar refractivity (Wildman–Crippen MR) is 104 cm³/mol. The number of guanidine groups is 1. The van der Waals surface area contributed by atoms with Gasteiger partial charge in [-0.3, -0.25) is 4.79 Å². The molecule has 6 nitrogen and oxygen atoms in total. The summed E-state index contributed by atoms with van der Waals surface area (Å²) < 4.78 is 0. The lowest BCUT2D eigenvalue weighted by atomic mass is 10.0. The molecule has 0 unspecified atom stereocenters. The van der Waals surface area contributed by atoms with Crippen molar-refractivity contribution < 1.29 is 9.90 Å². The number of hydrogen-bond acceptors (Lipinski definition) is 3. The first-order valence-electron chi connectivity index (χ1n) is 9.73. The Balaban J connectivity index is 1.57. The molecule has 0 aromatic heterocycles. The van der Waals surface area contributed by atoms with Crippen LogP contribution in [-0.2, 0) is 11.3 Å². The highest BCUT2D eigenvalue weighted by molar-refractivity contribution is 5.95. The fraction of sp³-hybridized carbons (Fsp3) is 0.600. The van der Waals surface area contributed by atoms with E-state index < -0.39 is 5.60 Å². The van der Waals surface area contributed by atoms with Gasteiger partial charge in [0.15, 0.2) is 5.96 Å². The van der Waals surface area contributed by atoms with Gasteiger partial charge in [0.05, 0.1) is 12.1 Å². The van der Waals surface area contributed by atoms with Crippen molar-refractivity contribution in [3.8, 4) is 0 Å². The van der Waals surface area contributed by atoms with E-state index in [1.165, 1.54) is 0 Å². The maximum atomic E-state index is 11.8. The molecule has 1 saturated carbocycles. The van der Waals surface area contributed by atoms with Crippen molar-refractivity contribution in [1.29, 1.82) is 0 Å². The molecule has 1 aliphatic carbocycles. The van der Waals surface area contributed by atoms with Crippen molar-refractivity contribution >= 4 is 17.6 Å². The zero-order valence-corrected chi connectivity index (χ0v) is 15.6. The number of carbonyl (C=O) groups excluding carboxylic acids is 1. The second-order valence-corrected chi connectivity index (χ2v) is 7.30. The first-order valence-corrected chi connectivity index (χ1v) is 9.73. The van der Waals surface area contributed by atoms with Gasteiger partial charge in [-0.1, -0.05) is 25.0 Å². The molecule has 142 valence electrons. The molecule has 1 amide bonds. The molecular formula is C20H30N4O2. The minimum Gasteiger partial charge on any atom is -0.388 e. The molecule has 0 atom stereocenters. The Hall–Kier alpha value is -2.08. The summed E-state index contributed by atoms with van der Waals surface area (Å²) in [5, 5.41) is 17.0. The minimum atomic E-state index is -0.597. The zero-order chi connectivity index (χ0) is 18.4. The highest BCUT2D eigenvalue weighted by Crippen LogP contribution is 2.28. The van der Waals surface area contributed by atoms with Crippen molar-refractivity contribution in [1.82, 2.24) is 10.6 Å². The van der Waals surface area contributed by atoms with Crippen molar-refractivity contribution in [2.45, 2.75) is 57.6 Å². The summed E-state index contributed by atoms with van der Waals surface area (Å²) in [7, 11) is 0. The molecule has 2 fully saturated rings. The Morgan fingerprint density at radius 3 is 2.54 bits per heavy atom. The summed E-state index contributed by atoms with van der Waals surface area (Å²) in [5.74, 6) is 0.936. The lowest BCUT2D eigenvalue weighted by molar-refractivity contribution is -0.117. The Morgan fingerprint density at radius 1 is 1.19 bits per heavy atom. The molecule has 6 heteroatoms. The summed E-state index contributed by atoms with van der Waals surface area (Å²) in [6.45, 7) is 4.72. The van der Waals surface area contributed by atoms with Crippen molar-refractivity contribution in [2.24, 2.45) is 4.99 Å². The number of carbonyl (C=O) groups is 1. The van der Waals surface area contributed by atoms with E-state index in [0.29, 0.717) is 19.5 Å². The average molecular weight is 358 g/mol. The van der Waals surface area contributed by atoms with Gasteiger partial charge in [-0.25, -0.2) is 4.99 Å². The molecule has 1 heterocycles. The second-order valence-electron chi connectivity index (χ2n) is 7.30. The molecule has 1 aliphatic heterocycles. The summed E-state index contributed by atoms with van der Waals surface area (Å²) >= 11 is 0. The predicted octanol–water partition coefficient (Wildman–Crippen LogP) is 2.17. The third-order valence-electron chi connectivity index (χ3n) is 5.20. The molecule has 1 saturated heterocycles. The van der Waals surface area contributed by atoms with E-state index in [9.17, 15) is 9.90 Å². The van der Waals surface area contributed by atoms with E-state index >= 15 is 0 Å². The van der Waals surface area contributed by atoms with Crippen LogP contribution in [0.5, 0.6) is 0 Å². The van der Waals surface area contributed by atoms with E-state index in [4.69, 9.17) is 0 Å². The van der Waals surface area contributed by atoms with Crippen LogP contribution in [0.4, 0.5) is 5.69 Å². The SMILES string of the molecule is CCNC(=NCc1ccc(N2CCCC2=O)cc1)NCC1(O)CCCC1. The van der Waals surface area contributed by atoms with Gasteiger partial charge < -0.3 is 20.6 Å². The number of benzene rings is 1. The normalized spacial score (nSPS) is 19.8. The van der Waals surface area contributed by atoms with Gasteiger partial charge >= 0.3 is 0 Å². The quantitative estimate of drug-likeness (QED) is 0.538. The Bertz CT molecular complexity index is 636. The summed E-state index contributed by atoms with van der Waals surface area (Å²) in [5.41, 5.74) is 1.46. The van der Waals surface area contributed by atoms with Gasteiger partial charge in [0.25, 0.3) is 0 Å². The molecular weight excluding hydrogens is 328 g/mol. The van der Waals surface area contributed by atoms with Gasteiger partial charge in [0, 0.05) is 31.7 Å². The third kappa shape index (κ3) is 4.75. The highest BCUT2D eigenvalue weighted by Gasteiger charge is 2.30. The van der Waals surface area contributed by atoms with Crippen LogP contribution in [0.2, 0.25) is 0 Å². The van der Waals surface area contributed by atoms with Crippen LogP contribution < -0.4 is 15.5 Å². The standard InChI is InChI=1S/C20H30N4O2/c1-2-21-19(23-15-20(26)11-3-4-12-20)22-14-16-7-9-17(10-8-16)24-13-5-6-18(24)25/h7-10,26H,2-6,11-15H2,1H3,(H2,21,22,23). The molecule has 1 aromatic rings. The van der Waals surface area contributed by atoms with Crippen LogP contribution >= 0.6 is 0 Å². The van der Waals surface area contributed by atoms with Gasteiger partial charge in [-0.05, 0) is 43.9 Å². The largest absolute Gasteiger partial charge is 0.388 e. The number of hydrogen-bond donors (Lipinski definition) is 3. The van der Waals surface area contributed by atoms with Crippen molar-refractivity contribution in [2.75, 3.05) is 24.5 Å². The van der Waals surface area contributed by atoms with Gasteiger partial charge in [0.2, 0.25) is 5.91 Å². The first-order chi connectivity index (χ1) is 12.6. The number of aliphatic hydroxyl groups is 1. The van der Waals surface area contributed by atoms with E-state index in [1.807, 2.05) is 36.1 Å². The zero-order valence-electron chi connectivity index (χ0n) is 15.6. The molecule has 0 radical (unpaired) electrons. The number of nitrogens with one attached hydrogen (secondary N) is 2. The van der Waals surface area contributed by atoms with Gasteiger partial charge in [-0.2, -0.15) is 0 Å². The number of nitrogens with zero attached hydrogens (tertiary/aromatic N) is 2. The van der Waals surface area contributed by atoms with Crippen LogP contribution in [0.15, 0.2) is 29.3 Å². The van der Waals surface area contributed by atoms with Crippen LogP contribution in [0, 0.1) is 0 Å². The van der Waals surface area contributed by atoms with Crippen LogP contribution in [0.25, 0.3) is 0 Å². The molecule has 0 bridgehead atoms. The topological polar surface area (TPSA) is 77.0 Å². The number of amides is 1. The maximum Gasteiger partial charge on any atom is 0.227 e. The van der Waals surface area contributed by atoms with Gasteiger partial charge in [-0.15, -0.1) is 0 Å². The molecule has 0 spiro atoms. The van der Waals surface area contributed by atoms with Crippen LogP contribution in [-0.4, -0.2) is 42.2 Å². The van der Waals surface area contributed by atoms with Gasteiger partial charge in [0.1, 0.15) is 0 Å². The third-order valence-corrected chi connectivity index (χ3v) is 5.20. The second kappa shape index (κ2) is 8.54. The van der Waals surface area contributed by atoms with Crippen molar-refractivity contribution in [3.05, 3.63) is 29.8 Å². The molecule has 3 rings (SSSR count). The molecule has 1 aromatic carbocycles. The molecule has 2 aliphatic rings. The average Bonchev–Trinajstić information content (AvgIpc) is 3.27. The summed E-state index contributed by atoms with van der Waals surface area (Å²) in [4.78, 5) is 18.3. The number of aliphatic imine (C=N–C) groups is 1. The Morgan fingerprint density at radius 2 is 1.92 bits per heavy atom. The van der Waals surface area contributed by atoms with Crippen LogP contribution in [0.3, 0.4) is 0 Å². The van der Waals surface area contributed by atoms with Crippen LogP contribution in [0.1, 0.15) is 51.0 Å². The fourth-order valence-corrected chi connectivity index (χ4v) is 3.67. The lowest BCUT2D eigenvalue weighted by Crippen LogP contribution is -2.46. The Labute approximate surface area is 155 Å². The smallest absolute Gasteiger partial charge is 0.227 e. The highest BCUT2D eigenvalue weighted by atomic mass is 16.3. The maximum absolute atomic E-state index is 11.8. The monoisotopic (exact) mass is 358 g/mol. The van der Waals surface area contributed by atoms with E-state index in [2.05, 4.69) is 15.6 Å². The van der Waals surface area contributed by atoms with Crippen molar-refractivity contribution in [3.63, 3.8) is 0 Å². The first kappa shape index (κ1) is 18.7.